The van der Waals surface area contributed by atoms with Gasteiger partial charge in [0.15, 0.2) is 6.10 Å². The number of carbonyl (C=O) groups excluding carboxylic acids is 2. The normalized spacial score (nSPS) is 11.4. The molecular formula is C24H27N3O5S. The summed E-state index contributed by atoms with van der Waals surface area (Å²) in [6.45, 7) is 8.06. The van der Waals surface area contributed by atoms with Gasteiger partial charge in [-0.1, -0.05) is 17.7 Å². The van der Waals surface area contributed by atoms with Crippen molar-refractivity contribution in [2.75, 3.05) is 6.61 Å². The van der Waals surface area contributed by atoms with Gasteiger partial charge in [-0.25, -0.2) is 4.98 Å². The average Bonchev–Trinajstić information content (AvgIpc) is 3.19. The van der Waals surface area contributed by atoms with Crippen molar-refractivity contribution >= 4 is 23.2 Å². The fourth-order valence-corrected chi connectivity index (χ4v) is 3.69. The number of hydrogen-bond donors (Lipinski definition) is 2. The molecule has 8 nitrogen and oxygen atoms in total. The number of rotatable bonds is 9. The van der Waals surface area contributed by atoms with E-state index in [1.165, 1.54) is 11.3 Å². The summed E-state index contributed by atoms with van der Waals surface area (Å²) >= 11 is 1.22. The van der Waals surface area contributed by atoms with Gasteiger partial charge < -0.3 is 14.2 Å². The lowest BCUT2D eigenvalue weighted by atomic mass is 10.2. The number of ether oxygens (including phenoxy) is 3. The van der Waals surface area contributed by atoms with Crippen molar-refractivity contribution in [3.05, 3.63) is 69.7 Å². The second kappa shape index (κ2) is 11.3. The highest BCUT2D eigenvalue weighted by Crippen LogP contribution is 2.21. The molecule has 3 aromatic rings. The van der Waals surface area contributed by atoms with E-state index >= 15 is 0 Å². The number of hydrazine groups is 1. The standard InChI is InChI=1S/C24H27N3O5S/c1-5-30-18-10-12-20(13-11-18)32-17(4)23(28)26-27-24(29)22-16(3)25-21(33-22)14-31-19-8-6-15(2)7-9-19/h6-13,17H,5,14H2,1-4H3,(H,26,28)(H,27,29)/t17-/m0/s1. The van der Waals surface area contributed by atoms with Crippen molar-refractivity contribution in [1.82, 2.24) is 15.8 Å². The molecular weight excluding hydrogens is 442 g/mol. The van der Waals surface area contributed by atoms with Crippen molar-refractivity contribution < 1.29 is 23.8 Å². The Morgan fingerprint density at radius 2 is 1.55 bits per heavy atom. The fraction of sp³-hybridized carbons (Fsp3) is 0.292. The van der Waals surface area contributed by atoms with E-state index in [2.05, 4.69) is 15.8 Å². The Kier molecular flexibility index (Phi) is 8.26. The van der Waals surface area contributed by atoms with Crippen molar-refractivity contribution in [3.63, 3.8) is 0 Å². The Morgan fingerprint density at radius 1 is 0.939 bits per heavy atom. The van der Waals surface area contributed by atoms with Gasteiger partial charge in [0.25, 0.3) is 11.8 Å². The predicted octanol–water partition coefficient (Wildman–Crippen LogP) is 3.97. The maximum atomic E-state index is 12.5. The number of aryl methyl sites for hydroxylation is 2. The maximum absolute atomic E-state index is 12.5. The molecule has 1 aromatic heterocycles. The molecule has 0 aliphatic rings. The Hall–Kier alpha value is -3.59. The molecule has 1 heterocycles. The predicted molar refractivity (Wildman–Crippen MR) is 126 cm³/mol. The summed E-state index contributed by atoms with van der Waals surface area (Å²) in [6, 6.07) is 14.7. The second-order valence-electron chi connectivity index (χ2n) is 7.23. The third kappa shape index (κ3) is 6.95. The molecule has 0 bridgehead atoms. The van der Waals surface area contributed by atoms with Gasteiger partial charge in [0.05, 0.1) is 12.3 Å². The number of aromatic nitrogens is 1. The number of hydrogen-bond acceptors (Lipinski definition) is 7. The van der Waals surface area contributed by atoms with E-state index in [1.807, 2.05) is 38.1 Å². The van der Waals surface area contributed by atoms with E-state index in [4.69, 9.17) is 14.2 Å². The Labute approximate surface area is 196 Å². The topological polar surface area (TPSA) is 98.8 Å². The summed E-state index contributed by atoms with van der Waals surface area (Å²) in [4.78, 5) is 29.6. The van der Waals surface area contributed by atoms with Gasteiger partial charge >= 0.3 is 0 Å². The van der Waals surface area contributed by atoms with Gasteiger partial charge in [0, 0.05) is 0 Å². The maximum Gasteiger partial charge on any atom is 0.281 e. The van der Waals surface area contributed by atoms with Crippen LogP contribution in [0.1, 0.15) is 39.8 Å². The van der Waals surface area contributed by atoms with Crippen LogP contribution >= 0.6 is 11.3 Å². The van der Waals surface area contributed by atoms with Crippen LogP contribution in [0.5, 0.6) is 17.2 Å². The van der Waals surface area contributed by atoms with Crippen LogP contribution in [0.15, 0.2) is 48.5 Å². The first-order valence-corrected chi connectivity index (χ1v) is 11.3. The molecule has 9 heteroatoms. The molecule has 0 spiro atoms. The quantitative estimate of drug-likeness (QED) is 0.460. The molecule has 0 saturated carbocycles. The van der Waals surface area contributed by atoms with E-state index in [0.717, 1.165) is 17.1 Å². The van der Waals surface area contributed by atoms with Crippen LogP contribution in [-0.2, 0) is 11.4 Å². The van der Waals surface area contributed by atoms with Crippen LogP contribution < -0.4 is 25.1 Å². The van der Waals surface area contributed by atoms with Crippen LogP contribution in [0, 0.1) is 13.8 Å². The number of nitrogens with zero attached hydrogens (tertiary/aromatic N) is 1. The molecule has 0 unspecified atom stereocenters. The molecule has 2 amide bonds. The van der Waals surface area contributed by atoms with Crippen molar-refractivity contribution in [1.29, 1.82) is 0 Å². The molecule has 2 N–H and O–H groups in total. The van der Waals surface area contributed by atoms with Crippen molar-refractivity contribution in [2.45, 2.75) is 40.4 Å². The zero-order valence-electron chi connectivity index (χ0n) is 19.0. The van der Waals surface area contributed by atoms with E-state index < -0.39 is 17.9 Å². The van der Waals surface area contributed by atoms with Crippen molar-refractivity contribution in [2.24, 2.45) is 0 Å². The lowest BCUT2D eigenvalue weighted by molar-refractivity contribution is -0.128. The van der Waals surface area contributed by atoms with Gasteiger partial charge in [-0.05, 0) is 64.1 Å². The first kappa shape index (κ1) is 24.1. The molecule has 0 saturated heterocycles. The molecule has 1 atom stereocenters. The first-order valence-electron chi connectivity index (χ1n) is 10.5. The summed E-state index contributed by atoms with van der Waals surface area (Å²) in [6.07, 6.45) is -0.815. The zero-order valence-corrected chi connectivity index (χ0v) is 19.8. The summed E-state index contributed by atoms with van der Waals surface area (Å²) < 4.78 is 16.7. The minimum Gasteiger partial charge on any atom is -0.494 e. The fourth-order valence-electron chi connectivity index (χ4n) is 2.82. The third-order valence-corrected chi connectivity index (χ3v) is 5.68. The molecule has 0 aliphatic carbocycles. The van der Waals surface area contributed by atoms with Crippen LogP contribution in [-0.4, -0.2) is 29.5 Å². The van der Waals surface area contributed by atoms with E-state index in [-0.39, 0.29) is 6.61 Å². The van der Waals surface area contributed by atoms with Gasteiger partial charge in [-0.2, -0.15) is 0 Å². The number of carbonyl (C=O) groups is 2. The van der Waals surface area contributed by atoms with Crippen LogP contribution in [0.3, 0.4) is 0 Å². The number of thiazole rings is 1. The van der Waals surface area contributed by atoms with Gasteiger partial charge in [-0.3, -0.25) is 20.4 Å². The van der Waals surface area contributed by atoms with Gasteiger partial charge in [0.1, 0.15) is 33.7 Å². The van der Waals surface area contributed by atoms with E-state index in [0.29, 0.717) is 27.9 Å². The molecule has 3 rings (SSSR count). The highest BCUT2D eigenvalue weighted by molar-refractivity contribution is 7.13. The smallest absolute Gasteiger partial charge is 0.281 e. The largest absolute Gasteiger partial charge is 0.494 e. The van der Waals surface area contributed by atoms with Crippen molar-refractivity contribution in [3.8, 4) is 17.2 Å². The molecule has 0 radical (unpaired) electrons. The Balaban J connectivity index is 1.49. The minimum atomic E-state index is -0.815. The zero-order chi connectivity index (χ0) is 23.8. The second-order valence-corrected chi connectivity index (χ2v) is 8.32. The molecule has 0 aliphatic heterocycles. The third-order valence-electron chi connectivity index (χ3n) is 4.55. The molecule has 0 fully saturated rings. The Bertz CT molecular complexity index is 1080. The minimum absolute atomic E-state index is 0.251. The van der Waals surface area contributed by atoms with Crippen LogP contribution in [0.4, 0.5) is 0 Å². The van der Waals surface area contributed by atoms with Gasteiger partial charge in [0.2, 0.25) is 0 Å². The number of amides is 2. The van der Waals surface area contributed by atoms with E-state index in [1.54, 1.807) is 38.1 Å². The molecule has 174 valence electrons. The molecule has 33 heavy (non-hydrogen) atoms. The Morgan fingerprint density at radius 3 is 2.21 bits per heavy atom. The lowest BCUT2D eigenvalue weighted by Crippen LogP contribution is -2.47. The van der Waals surface area contributed by atoms with Gasteiger partial charge in [-0.15, -0.1) is 11.3 Å². The monoisotopic (exact) mass is 469 g/mol. The SMILES string of the molecule is CCOc1ccc(O[C@@H](C)C(=O)NNC(=O)c2sc(COc3ccc(C)cc3)nc2C)cc1. The number of benzene rings is 2. The van der Waals surface area contributed by atoms with Crippen LogP contribution in [0.2, 0.25) is 0 Å². The van der Waals surface area contributed by atoms with Crippen LogP contribution in [0.25, 0.3) is 0 Å². The highest BCUT2D eigenvalue weighted by Gasteiger charge is 2.19. The summed E-state index contributed by atoms with van der Waals surface area (Å²) in [7, 11) is 0. The summed E-state index contributed by atoms with van der Waals surface area (Å²) in [5, 5.41) is 0.664. The average molecular weight is 470 g/mol. The highest BCUT2D eigenvalue weighted by atomic mass is 32.1. The first-order chi connectivity index (χ1) is 15.9. The number of nitrogens with one attached hydrogen (secondary N) is 2. The summed E-state index contributed by atoms with van der Waals surface area (Å²) in [5.41, 5.74) is 6.52. The lowest BCUT2D eigenvalue weighted by Gasteiger charge is -2.15. The van der Waals surface area contributed by atoms with E-state index in [9.17, 15) is 9.59 Å². The summed E-state index contributed by atoms with van der Waals surface area (Å²) in [5.74, 6) is 1.03. The molecule has 2 aromatic carbocycles.